The number of hydrogen-bond donors (Lipinski definition) is 3. The number of rotatable bonds is 3. The number of nitrogens with zero attached hydrogens (tertiary/aromatic N) is 3. The number of halogens is 1. The summed E-state index contributed by atoms with van der Waals surface area (Å²) in [6.07, 6.45) is 5.70. The second kappa shape index (κ2) is 5.35. The van der Waals surface area contributed by atoms with Gasteiger partial charge in [0.15, 0.2) is 5.65 Å². The summed E-state index contributed by atoms with van der Waals surface area (Å²) in [4.78, 5) is 12.3. The molecule has 0 aliphatic heterocycles. The molecule has 3 N–H and O–H groups in total. The van der Waals surface area contributed by atoms with Crippen LogP contribution in [-0.2, 0) is 0 Å². The Morgan fingerprint density at radius 2 is 2.35 bits per heavy atom. The Bertz CT molecular complexity index is 763. The van der Waals surface area contributed by atoms with E-state index in [9.17, 15) is 9.90 Å². The summed E-state index contributed by atoms with van der Waals surface area (Å²) in [5.74, 6) is 0.932. The third-order valence-corrected chi connectivity index (χ3v) is 5.49. The Morgan fingerprint density at radius 3 is 3.13 bits per heavy atom. The lowest BCUT2D eigenvalue weighted by Gasteiger charge is -2.33. The highest BCUT2D eigenvalue weighted by atomic mass is 35.5. The highest BCUT2D eigenvalue weighted by molar-refractivity contribution is 6.30. The van der Waals surface area contributed by atoms with Crippen LogP contribution < -0.4 is 10.6 Å². The maximum atomic E-state index is 12.3. The average molecular weight is 336 g/mol. The fraction of sp³-hybridized carbons (Fsp3) is 0.533. The lowest BCUT2D eigenvalue weighted by Crippen LogP contribution is -2.48. The fourth-order valence-corrected chi connectivity index (χ4v) is 4.24. The maximum absolute atomic E-state index is 12.3. The summed E-state index contributed by atoms with van der Waals surface area (Å²) < 4.78 is 1.63. The number of hydrogen-bond acceptors (Lipinski definition) is 4. The van der Waals surface area contributed by atoms with Gasteiger partial charge in [0.25, 0.3) is 0 Å². The van der Waals surface area contributed by atoms with E-state index in [1.54, 1.807) is 22.7 Å². The molecule has 0 spiro atoms. The number of carbonyl (C=O) groups is 1. The van der Waals surface area contributed by atoms with Crippen molar-refractivity contribution < 1.29 is 9.90 Å². The van der Waals surface area contributed by atoms with Crippen molar-refractivity contribution in [2.24, 2.45) is 11.3 Å². The van der Waals surface area contributed by atoms with E-state index in [1.807, 2.05) is 0 Å². The molecule has 2 bridgehead atoms. The van der Waals surface area contributed by atoms with Crippen molar-refractivity contribution >= 4 is 29.2 Å². The summed E-state index contributed by atoms with van der Waals surface area (Å²) in [5, 5.41) is 23.9. The molecular formula is C15H18ClN5O2. The van der Waals surface area contributed by atoms with Gasteiger partial charge in [0.05, 0.1) is 11.6 Å². The molecule has 2 saturated carbocycles. The van der Waals surface area contributed by atoms with Crippen molar-refractivity contribution in [1.82, 2.24) is 19.9 Å². The molecule has 23 heavy (non-hydrogen) atoms. The van der Waals surface area contributed by atoms with Crippen LogP contribution in [0.4, 0.5) is 10.7 Å². The number of aliphatic hydroxyl groups is 1. The summed E-state index contributed by atoms with van der Waals surface area (Å²) in [7, 11) is 0. The van der Waals surface area contributed by atoms with Gasteiger partial charge < -0.3 is 10.4 Å². The van der Waals surface area contributed by atoms with Gasteiger partial charge in [-0.2, -0.15) is 0 Å². The van der Waals surface area contributed by atoms with Crippen LogP contribution in [-0.4, -0.2) is 38.4 Å². The molecule has 4 rings (SSSR count). The smallest absolute Gasteiger partial charge is 0.321 e. The second-order valence-electron chi connectivity index (χ2n) is 6.62. The molecule has 2 amide bonds. The molecule has 0 radical (unpaired) electrons. The number of anilines is 1. The molecule has 2 heterocycles. The first-order chi connectivity index (χ1) is 11.1. The van der Waals surface area contributed by atoms with E-state index in [0.717, 1.165) is 25.7 Å². The zero-order valence-electron chi connectivity index (χ0n) is 12.5. The molecule has 122 valence electrons. The lowest BCUT2D eigenvalue weighted by atomic mass is 9.80. The van der Waals surface area contributed by atoms with Crippen LogP contribution in [0, 0.1) is 11.3 Å². The third-order valence-electron chi connectivity index (χ3n) is 5.27. The van der Waals surface area contributed by atoms with Crippen LogP contribution in [0.1, 0.15) is 25.7 Å². The van der Waals surface area contributed by atoms with Gasteiger partial charge in [-0.05, 0) is 43.7 Å². The Hall–Kier alpha value is -1.86. The van der Waals surface area contributed by atoms with E-state index < -0.39 is 0 Å². The molecule has 8 heteroatoms. The number of urea groups is 1. The van der Waals surface area contributed by atoms with Crippen molar-refractivity contribution in [3.8, 4) is 0 Å². The first-order valence-corrected chi connectivity index (χ1v) is 8.16. The van der Waals surface area contributed by atoms with E-state index in [4.69, 9.17) is 11.6 Å². The van der Waals surface area contributed by atoms with Crippen LogP contribution in [0.3, 0.4) is 0 Å². The highest BCUT2D eigenvalue weighted by Crippen LogP contribution is 2.53. The number of aromatic nitrogens is 3. The van der Waals surface area contributed by atoms with Crippen molar-refractivity contribution in [3.63, 3.8) is 0 Å². The van der Waals surface area contributed by atoms with Gasteiger partial charge in [0.1, 0.15) is 0 Å². The summed E-state index contributed by atoms with van der Waals surface area (Å²) in [6, 6.07) is 3.13. The zero-order chi connectivity index (χ0) is 16.0. The van der Waals surface area contributed by atoms with E-state index in [2.05, 4.69) is 20.8 Å². The van der Waals surface area contributed by atoms with Crippen molar-refractivity contribution in [2.75, 3.05) is 11.9 Å². The minimum absolute atomic E-state index is 0.00836. The Labute approximate surface area is 138 Å². The van der Waals surface area contributed by atoms with Gasteiger partial charge >= 0.3 is 6.03 Å². The molecule has 0 unspecified atom stereocenters. The van der Waals surface area contributed by atoms with Gasteiger partial charge in [-0.15, -0.1) is 10.2 Å². The number of fused-ring (bicyclic) bond motifs is 3. The van der Waals surface area contributed by atoms with E-state index >= 15 is 0 Å². The fourth-order valence-electron chi connectivity index (χ4n) is 4.08. The Morgan fingerprint density at radius 1 is 1.48 bits per heavy atom. The minimum Gasteiger partial charge on any atom is -0.396 e. The van der Waals surface area contributed by atoms with Gasteiger partial charge in [0, 0.05) is 17.7 Å². The Balaban J connectivity index is 1.49. The molecule has 0 saturated heterocycles. The molecule has 2 aliphatic rings. The standard InChI is InChI=1S/C15H18ClN5O2/c16-10-1-2-12-19-20-13(21(12)7-10)18-14(23)17-11-5-9-3-4-15(11,6-9)8-22/h1-2,7,9,11,22H,3-6,8H2,(H2,17,18,20,23)/t9-,11+,15-/m1/s1. The molecule has 2 aromatic heterocycles. The largest absolute Gasteiger partial charge is 0.396 e. The predicted molar refractivity (Wildman–Crippen MR) is 85.4 cm³/mol. The number of pyridine rings is 1. The van der Waals surface area contributed by atoms with Crippen molar-refractivity contribution in [2.45, 2.75) is 31.7 Å². The average Bonchev–Trinajstić information content (AvgIpc) is 3.21. The predicted octanol–water partition coefficient (Wildman–Crippen LogP) is 2.06. The molecular weight excluding hydrogens is 318 g/mol. The van der Waals surface area contributed by atoms with Crippen LogP contribution in [0.15, 0.2) is 18.3 Å². The van der Waals surface area contributed by atoms with Gasteiger partial charge in [-0.25, -0.2) is 4.79 Å². The van der Waals surface area contributed by atoms with Crippen molar-refractivity contribution in [3.05, 3.63) is 23.4 Å². The highest BCUT2D eigenvalue weighted by Gasteiger charge is 2.52. The normalized spacial score (nSPS) is 29.1. The van der Waals surface area contributed by atoms with E-state index in [0.29, 0.717) is 22.5 Å². The van der Waals surface area contributed by atoms with Crippen LogP contribution in [0.2, 0.25) is 5.02 Å². The number of amides is 2. The first kappa shape index (κ1) is 14.7. The topological polar surface area (TPSA) is 91.6 Å². The molecule has 2 fully saturated rings. The van der Waals surface area contributed by atoms with Crippen LogP contribution >= 0.6 is 11.6 Å². The van der Waals surface area contributed by atoms with Crippen molar-refractivity contribution in [1.29, 1.82) is 0 Å². The lowest BCUT2D eigenvalue weighted by molar-refractivity contribution is 0.104. The molecule has 7 nitrogen and oxygen atoms in total. The van der Waals surface area contributed by atoms with Crippen LogP contribution in [0.5, 0.6) is 0 Å². The number of aliphatic hydroxyl groups excluding tert-OH is 1. The van der Waals surface area contributed by atoms with Gasteiger partial charge in [-0.3, -0.25) is 9.72 Å². The number of nitrogens with one attached hydrogen (secondary N) is 2. The molecule has 2 aliphatic carbocycles. The minimum atomic E-state index is -0.329. The molecule has 3 atom stereocenters. The first-order valence-electron chi connectivity index (χ1n) is 7.78. The second-order valence-corrected chi connectivity index (χ2v) is 7.05. The van der Waals surface area contributed by atoms with Gasteiger partial charge in [0.2, 0.25) is 5.95 Å². The monoisotopic (exact) mass is 335 g/mol. The third kappa shape index (κ3) is 2.44. The number of carbonyl (C=O) groups excluding carboxylic acids is 1. The van der Waals surface area contributed by atoms with Crippen LogP contribution in [0.25, 0.3) is 5.65 Å². The summed E-state index contributed by atoms with van der Waals surface area (Å²) in [6.45, 7) is 0.123. The molecule has 0 aromatic carbocycles. The summed E-state index contributed by atoms with van der Waals surface area (Å²) >= 11 is 5.97. The quantitative estimate of drug-likeness (QED) is 0.800. The van der Waals surface area contributed by atoms with Gasteiger partial charge in [-0.1, -0.05) is 11.6 Å². The summed E-state index contributed by atoms with van der Waals surface area (Å²) in [5.41, 5.74) is 0.453. The molecule has 2 aromatic rings. The van der Waals surface area contributed by atoms with E-state index in [-0.39, 0.29) is 24.1 Å². The Kier molecular flexibility index (Phi) is 3.42. The van der Waals surface area contributed by atoms with E-state index in [1.165, 1.54) is 0 Å². The maximum Gasteiger partial charge on any atom is 0.321 e. The SMILES string of the molecule is O=C(Nc1nnc2ccc(Cl)cn12)N[C@H]1C[C@H]2CC[C@]1(CO)C2. The zero-order valence-corrected chi connectivity index (χ0v) is 13.3.